The van der Waals surface area contributed by atoms with Crippen LogP contribution in [0.1, 0.15) is 56.6 Å². The normalized spacial score (nSPS) is 21.7. The first-order chi connectivity index (χ1) is 15.2. The van der Waals surface area contributed by atoms with E-state index in [9.17, 15) is 4.79 Å². The van der Waals surface area contributed by atoms with Crippen molar-refractivity contribution in [2.75, 3.05) is 18.0 Å². The topological polar surface area (TPSA) is 48.8 Å². The van der Waals surface area contributed by atoms with Gasteiger partial charge in [0.1, 0.15) is 14.8 Å². The van der Waals surface area contributed by atoms with Crippen LogP contribution in [0.4, 0.5) is 11.5 Å². The molecule has 5 nitrogen and oxygen atoms in total. The second-order valence-corrected chi connectivity index (χ2v) is 11.2. The third kappa shape index (κ3) is 4.19. The Morgan fingerprint density at radius 3 is 2.34 bits per heavy atom. The number of aliphatic imine (C=N–C) groups is 1. The predicted molar refractivity (Wildman–Crippen MR) is 139 cm³/mol. The standard InChI is InChI=1S/C25H30Br2N4O/c1-16(2)30-14-12-19(13-15-30)25(27)22-20(28-24(25)26)10-11-21(29-22)31(17(3)4)23(32)18-8-6-5-7-9-18/h5-11,16-17,19H,12-15H2,1-4H3. The van der Waals surface area contributed by atoms with E-state index in [4.69, 9.17) is 9.98 Å². The summed E-state index contributed by atoms with van der Waals surface area (Å²) in [5.41, 5.74) is 2.42. The maximum Gasteiger partial charge on any atom is 0.259 e. The molecular formula is C25H30Br2N4O. The zero-order chi connectivity index (χ0) is 23.0. The molecule has 7 heteroatoms. The fourth-order valence-corrected chi connectivity index (χ4v) is 6.26. The van der Waals surface area contributed by atoms with Crippen LogP contribution in [0.2, 0.25) is 0 Å². The fraction of sp³-hybridized carbons (Fsp3) is 0.480. The molecule has 1 fully saturated rings. The van der Waals surface area contributed by atoms with Gasteiger partial charge in [0.25, 0.3) is 5.91 Å². The lowest BCUT2D eigenvalue weighted by Gasteiger charge is -2.40. The van der Waals surface area contributed by atoms with Gasteiger partial charge in [-0.25, -0.2) is 9.98 Å². The van der Waals surface area contributed by atoms with Crippen LogP contribution in [0.15, 0.2) is 47.5 Å². The molecule has 1 unspecified atom stereocenters. The highest BCUT2D eigenvalue weighted by atomic mass is 79.9. The molecule has 1 atom stereocenters. The van der Waals surface area contributed by atoms with Crippen molar-refractivity contribution in [1.82, 2.24) is 9.88 Å². The van der Waals surface area contributed by atoms with Gasteiger partial charge in [0.05, 0.1) is 11.4 Å². The Bertz CT molecular complexity index is 1020. The monoisotopic (exact) mass is 560 g/mol. The van der Waals surface area contributed by atoms with Gasteiger partial charge in [0, 0.05) is 17.6 Å². The van der Waals surface area contributed by atoms with Gasteiger partial charge in [0.2, 0.25) is 0 Å². The minimum atomic E-state index is -0.458. The van der Waals surface area contributed by atoms with Crippen LogP contribution in [-0.4, -0.2) is 45.6 Å². The van der Waals surface area contributed by atoms with Gasteiger partial charge in [0.15, 0.2) is 0 Å². The second-order valence-electron chi connectivity index (χ2n) is 9.19. The lowest BCUT2D eigenvalue weighted by atomic mass is 9.82. The van der Waals surface area contributed by atoms with Crippen molar-refractivity contribution < 1.29 is 4.79 Å². The molecule has 3 heterocycles. The number of benzene rings is 1. The maximum absolute atomic E-state index is 13.3. The number of carbonyl (C=O) groups is 1. The Balaban J connectivity index is 1.68. The van der Waals surface area contributed by atoms with Crippen LogP contribution in [0.3, 0.4) is 0 Å². The summed E-state index contributed by atoms with van der Waals surface area (Å²) in [5.74, 6) is 0.988. The number of carbonyl (C=O) groups excluding carboxylic acids is 1. The molecule has 0 spiro atoms. The molecule has 0 radical (unpaired) electrons. The van der Waals surface area contributed by atoms with E-state index < -0.39 is 4.32 Å². The summed E-state index contributed by atoms with van der Waals surface area (Å²) < 4.78 is 0.415. The van der Waals surface area contributed by atoms with E-state index >= 15 is 0 Å². The Hall–Kier alpha value is -1.57. The molecular weight excluding hydrogens is 532 g/mol. The van der Waals surface area contributed by atoms with Gasteiger partial charge < -0.3 is 4.90 Å². The van der Waals surface area contributed by atoms with Gasteiger partial charge in [-0.2, -0.15) is 0 Å². The summed E-state index contributed by atoms with van der Waals surface area (Å²) in [6.07, 6.45) is 2.13. The average Bonchev–Trinajstić information content (AvgIpc) is 3.05. The number of anilines is 1. The van der Waals surface area contributed by atoms with Crippen molar-refractivity contribution in [1.29, 1.82) is 0 Å². The predicted octanol–water partition coefficient (Wildman–Crippen LogP) is 6.29. The van der Waals surface area contributed by atoms with Gasteiger partial charge in [-0.05, 0) is 99.7 Å². The van der Waals surface area contributed by atoms with E-state index in [1.807, 2.05) is 56.3 Å². The highest BCUT2D eigenvalue weighted by Gasteiger charge is 2.49. The summed E-state index contributed by atoms with van der Waals surface area (Å²) in [4.78, 5) is 27.5. The van der Waals surface area contributed by atoms with Gasteiger partial charge in [-0.1, -0.05) is 34.1 Å². The third-order valence-corrected chi connectivity index (χ3v) is 9.28. The number of rotatable bonds is 5. The summed E-state index contributed by atoms with van der Waals surface area (Å²) in [6.45, 7) is 10.7. The number of piperidine rings is 1. The summed E-state index contributed by atoms with van der Waals surface area (Å²) in [7, 11) is 0. The number of likely N-dealkylation sites (tertiary alicyclic amines) is 1. The smallest absolute Gasteiger partial charge is 0.259 e. The van der Waals surface area contributed by atoms with E-state index in [0.717, 1.165) is 41.9 Å². The maximum atomic E-state index is 13.3. The minimum Gasteiger partial charge on any atom is -0.301 e. The summed E-state index contributed by atoms with van der Waals surface area (Å²) >= 11 is 7.82. The van der Waals surface area contributed by atoms with E-state index in [0.29, 0.717) is 23.3 Å². The molecule has 0 bridgehead atoms. The largest absolute Gasteiger partial charge is 0.301 e. The Labute approximate surface area is 207 Å². The number of hydrogen-bond donors (Lipinski definition) is 0. The SMILES string of the molecule is CC(C)N1CCC(C2(Br)C(Br)=Nc3ccc(N(C(=O)c4ccccc4)C(C)C)nc32)CC1. The number of aromatic nitrogens is 1. The van der Waals surface area contributed by atoms with Crippen molar-refractivity contribution in [2.45, 2.75) is 56.9 Å². The number of hydrogen-bond acceptors (Lipinski definition) is 4. The van der Waals surface area contributed by atoms with Crippen molar-refractivity contribution in [3.8, 4) is 0 Å². The minimum absolute atomic E-state index is 0.0296. The van der Waals surface area contributed by atoms with Crippen LogP contribution >= 0.6 is 31.9 Å². The van der Waals surface area contributed by atoms with E-state index in [1.165, 1.54) is 0 Å². The molecule has 1 amide bonds. The number of nitrogens with zero attached hydrogens (tertiary/aromatic N) is 4. The van der Waals surface area contributed by atoms with Crippen LogP contribution in [0, 0.1) is 5.92 Å². The molecule has 32 heavy (non-hydrogen) atoms. The molecule has 2 aliphatic rings. The average molecular weight is 562 g/mol. The lowest BCUT2D eigenvalue weighted by molar-refractivity contribution is 0.0979. The fourth-order valence-electron chi connectivity index (χ4n) is 4.72. The third-order valence-electron chi connectivity index (χ3n) is 6.55. The highest BCUT2D eigenvalue weighted by molar-refractivity contribution is 9.20. The molecule has 1 aromatic carbocycles. The highest BCUT2D eigenvalue weighted by Crippen LogP contribution is 2.53. The number of halogens is 2. The lowest BCUT2D eigenvalue weighted by Crippen LogP contribution is -2.45. The Morgan fingerprint density at radius 1 is 1.09 bits per heavy atom. The molecule has 1 aromatic heterocycles. The summed E-state index contributed by atoms with van der Waals surface area (Å²) in [6, 6.07) is 13.8. The molecule has 1 saturated heterocycles. The zero-order valence-electron chi connectivity index (χ0n) is 19.1. The van der Waals surface area contributed by atoms with Crippen molar-refractivity contribution >= 4 is 53.9 Å². The van der Waals surface area contributed by atoms with Gasteiger partial charge >= 0.3 is 0 Å². The first-order valence-electron chi connectivity index (χ1n) is 11.3. The Kier molecular flexibility index (Phi) is 6.89. The van der Waals surface area contributed by atoms with Crippen LogP contribution in [-0.2, 0) is 4.32 Å². The van der Waals surface area contributed by atoms with Gasteiger partial charge in [-0.15, -0.1) is 0 Å². The van der Waals surface area contributed by atoms with Crippen molar-refractivity contribution in [3.05, 3.63) is 53.7 Å². The molecule has 0 aliphatic carbocycles. The summed E-state index contributed by atoms with van der Waals surface area (Å²) in [5, 5.41) is 0. The van der Waals surface area contributed by atoms with Crippen molar-refractivity contribution in [2.24, 2.45) is 10.9 Å². The molecule has 0 N–H and O–H groups in total. The quantitative estimate of drug-likeness (QED) is 0.403. The van der Waals surface area contributed by atoms with Crippen LogP contribution in [0.5, 0.6) is 0 Å². The number of pyridine rings is 1. The van der Waals surface area contributed by atoms with Gasteiger partial charge in [-0.3, -0.25) is 9.69 Å². The van der Waals surface area contributed by atoms with Crippen LogP contribution in [0.25, 0.3) is 0 Å². The van der Waals surface area contributed by atoms with Crippen LogP contribution < -0.4 is 4.90 Å². The first-order valence-corrected chi connectivity index (χ1v) is 12.9. The number of alkyl halides is 1. The number of fused-ring (bicyclic) bond motifs is 1. The molecule has 170 valence electrons. The van der Waals surface area contributed by atoms with Crippen molar-refractivity contribution in [3.63, 3.8) is 0 Å². The second kappa shape index (κ2) is 9.35. The molecule has 0 saturated carbocycles. The van der Waals surface area contributed by atoms with E-state index in [1.54, 1.807) is 4.90 Å². The van der Waals surface area contributed by atoms with E-state index in [-0.39, 0.29) is 11.9 Å². The van der Waals surface area contributed by atoms with E-state index in [2.05, 4.69) is 50.6 Å². The number of amides is 1. The first kappa shape index (κ1) is 23.6. The Morgan fingerprint density at radius 2 is 1.75 bits per heavy atom. The molecule has 4 rings (SSSR count). The zero-order valence-corrected chi connectivity index (χ0v) is 22.2. The molecule has 2 aromatic rings. The molecule has 2 aliphatic heterocycles.